The number of hydrogen-bond donors (Lipinski definition) is 2. The van der Waals surface area contributed by atoms with Gasteiger partial charge in [0.25, 0.3) is 5.91 Å². The third-order valence-corrected chi connectivity index (χ3v) is 3.12. The number of carbonyl (C=O) groups excluding carboxylic acids is 1. The Labute approximate surface area is 106 Å². The van der Waals surface area contributed by atoms with Gasteiger partial charge in [-0.25, -0.2) is 5.84 Å². The highest BCUT2D eigenvalue weighted by molar-refractivity contribution is 5.76. The molecule has 1 aliphatic rings. The Morgan fingerprint density at radius 2 is 2.44 bits per heavy atom. The summed E-state index contributed by atoms with van der Waals surface area (Å²) >= 11 is 0. The van der Waals surface area contributed by atoms with Crippen molar-refractivity contribution in [3.8, 4) is 5.75 Å². The van der Waals surface area contributed by atoms with Gasteiger partial charge in [0.05, 0.1) is 6.61 Å². The van der Waals surface area contributed by atoms with Gasteiger partial charge in [-0.15, -0.1) is 0 Å². The maximum atomic E-state index is 11.1. The number of nitrogens with one attached hydrogen (secondary N) is 1. The highest BCUT2D eigenvalue weighted by Gasteiger charge is 2.22. The molecule has 1 aliphatic heterocycles. The Kier molecular flexibility index (Phi) is 4.17. The minimum absolute atomic E-state index is 0.0675. The topological polar surface area (TPSA) is 73.6 Å². The molecule has 3 N–H and O–H groups in total. The average Bonchev–Trinajstić information content (AvgIpc) is 2.90. The SMILES string of the molecule is Cc1cccc(C2CCOC2)c1OCC(=O)NN. The largest absolute Gasteiger partial charge is 0.483 e. The van der Waals surface area contributed by atoms with Crippen LogP contribution < -0.4 is 16.0 Å². The highest BCUT2D eigenvalue weighted by atomic mass is 16.5. The summed E-state index contributed by atoms with van der Waals surface area (Å²) in [6.45, 7) is 3.39. The zero-order valence-electron chi connectivity index (χ0n) is 10.4. The molecule has 1 amide bonds. The van der Waals surface area contributed by atoms with Crippen LogP contribution in [0.3, 0.4) is 0 Å². The van der Waals surface area contributed by atoms with Crippen molar-refractivity contribution in [3.05, 3.63) is 29.3 Å². The molecule has 1 saturated heterocycles. The molecular weight excluding hydrogens is 232 g/mol. The second-order valence-corrected chi connectivity index (χ2v) is 4.41. The zero-order chi connectivity index (χ0) is 13.0. The summed E-state index contributed by atoms with van der Waals surface area (Å²) in [5.74, 6) is 5.82. The maximum Gasteiger partial charge on any atom is 0.271 e. The van der Waals surface area contributed by atoms with E-state index in [2.05, 4.69) is 5.43 Å². The minimum Gasteiger partial charge on any atom is -0.483 e. The molecule has 98 valence electrons. The van der Waals surface area contributed by atoms with Crippen LogP contribution in [0.4, 0.5) is 0 Å². The van der Waals surface area contributed by atoms with E-state index in [1.54, 1.807) is 0 Å². The Bertz CT molecular complexity index is 428. The van der Waals surface area contributed by atoms with Crippen molar-refractivity contribution in [3.63, 3.8) is 0 Å². The van der Waals surface area contributed by atoms with Crippen LogP contribution >= 0.6 is 0 Å². The number of carbonyl (C=O) groups is 1. The van der Waals surface area contributed by atoms with E-state index in [1.807, 2.05) is 25.1 Å². The molecule has 18 heavy (non-hydrogen) atoms. The first kappa shape index (κ1) is 12.9. The fraction of sp³-hybridized carbons (Fsp3) is 0.462. The van der Waals surface area contributed by atoms with E-state index < -0.39 is 0 Å². The minimum atomic E-state index is -0.341. The molecule has 1 heterocycles. The standard InChI is InChI=1S/C13H18N2O3/c1-9-3-2-4-11(10-5-6-17-7-10)13(9)18-8-12(16)15-14/h2-4,10H,5-8,14H2,1H3,(H,15,16). The molecule has 0 spiro atoms. The van der Waals surface area contributed by atoms with E-state index in [4.69, 9.17) is 15.3 Å². The third-order valence-electron chi connectivity index (χ3n) is 3.12. The number of para-hydroxylation sites is 1. The Morgan fingerprint density at radius 3 is 3.11 bits per heavy atom. The molecule has 5 nitrogen and oxygen atoms in total. The lowest BCUT2D eigenvalue weighted by atomic mass is 9.95. The lowest BCUT2D eigenvalue weighted by molar-refractivity contribution is -0.123. The van der Waals surface area contributed by atoms with Gasteiger partial charge in [-0.1, -0.05) is 18.2 Å². The van der Waals surface area contributed by atoms with Crippen LogP contribution in [0.25, 0.3) is 0 Å². The molecule has 0 aliphatic carbocycles. The summed E-state index contributed by atoms with van der Waals surface area (Å²) < 4.78 is 11.0. The number of hydrazine groups is 1. The fourth-order valence-electron chi connectivity index (χ4n) is 2.15. The molecule has 0 saturated carbocycles. The normalized spacial score (nSPS) is 18.7. The molecule has 1 unspecified atom stereocenters. The van der Waals surface area contributed by atoms with Crippen molar-refractivity contribution in [2.45, 2.75) is 19.3 Å². The maximum absolute atomic E-state index is 11.1. The van der Waals surface area contributed by atoms with Gasteiger partial charge in [0.15, 0.2) is 6.61 Å². The van der Waals surface area contributed by atoms with E-state index in [-0.39, 0.29) is 12.5 Å². The van der Waals surface area contributed by atoms with Gasteiger partial charge in [0.2, 0.25) is 0 Å². The van der Waals surface area contributed by atoms with E-state index in [1.165, 1.54) is 0 Å². The summed E-state index contributed by atoms with van der Waals surface area (Å²) in [6.07, 6.45) is 0.989. The van der Waals surface area contributed by atoms with E-state index in [0.717, 1.165) is 29.9 Å². The van der Waals surface area contributed by atoms with Crippen molar-refractivity contribution < 1.29 is 14.3 Å². The number of rotatable bonds is 4. The van der Waals surface area contributed by atoms with Gasteiger partial charge in [0, 0.05) is 12.5 Å². The number of nitrogens with two attached hydrogens (primary N) is 1. The summed E-state index contributed by atoms with van der Waals surface area (Å²) in [5.41, 5.74) is 4.18. The van der Waals surface area contributed by atoms with Crippen molar-refractivity contribution in [1.29, 1.82) is 0 Å². The van der Waals surface area contributed by atoms with Gasteiger partial charge in [0.1, 0.15) is 5.75 Å². The Balaban J connectivity index is 2.18. The average molecular weight is 250 g/mol. The van der Waals surface area contributed by atoms with Crippen LogP contribution in [-0.4, -0.2) is 25.7 Å². The monoisotopic (exact) mass is 250 g/mol. The van der Waals surface area contributed by atoms with Gasteiger partial charge < -0.3 is 9.47 Å². The summed E-state index contributed by atoms with van der Waals surface area (Å²) in [7, 11) is 0. The molecule has 0 radical (unpaired) electrons. The van der Waals surface area contributed by atoms with E-state index in [0.29, 0.717) is 12.5 Å². The quantitative estimate of drug-likeness (QED) is 0.472. The number of aryl methyl sites for hydroxylation is 1. The predicted octanol–water partition coefficient (Wildman–Crippen LogP) is 0.868. The first-order chi connectivity index (χ1) is 8.72. The van der Waals surface area contributed by atoms with Gasteiger partial charge >= 0.3 is 0 Å². The van der Waals surface area contributed by atoms with Crippen molar-refractivity contribution in [1.82, 2.24) is 5.43 Å². The number of ether oxygens (including phenoxy) is 2. The zero-order valence-corrected chi connectivity index (χ0v) is 10.4. The van der Waals surface area contributed by atoms with Crippen LogP contribution in [0.2, 0.25) is 0 Å². The lowest BCUT2D eigenvalue weighted by Crippen LogP contribution is -2.34. The molecule has 1 atom stereocenters. The van der Waals surface area contributed by atoms with Crippen molar-refractivity contribution in [2.24, 2.45) is 5.84 Å². The summed E-state index contributed by atoms with van der Waals surface area (Å²) in [5, 5.41) is 0. The first-order valence-corrected chi connectivity index (χ1v) is 6.02. The van der Waals surface area contributed by atoms with Crippen LogP contribution in [0, 0.1) is 6.92 Å². The summed E-state index contributed by atoms with van der Waals surface area (Å²) in [6, 6.07) is 6.00. The molecule has 1 aromatic rings. The second kappa shape index (κ2) is 5.84. The molecule has 5 heteroatoms. The number of benzene rings is 1. The van der Waals surface area contributed by atoms with Crippen LogP contribution in [-0.2, 0) is 9.53 Å². The number of amides is 1. The molecule has 0 bridgehead atoms. The van der Waals surface area contributed by atoms with Crippen LogP contribution in [0.1, 0.15) is 23.5 Å². The molecule has 1 aromatic carbocycles. The first-order valence-electron chi connectivity index (χ1n) is 6.02. The molecular formula is C13H18N2O3. The summed E-state index contributed by atoms with van der Waals surface area (Å²) in [4.78, 5) is 11.1. The second-order valence-electron chi connectivity index (χ2n) is 4.41. The van der Waals surface area contributed by atoms with Gasteiger partial charge in [-0.05, 0) is 24.5 Å². The van der Waals surface area contributed by atoms with Crippen molar-refractivity contribution >= 4 is 5.91 Å². The van der Waals surface area contributed by atoms with Crippen molar-refractivity contribution in [2.75, 3.05) is 19.8 Å². The Hall–Kier alpha value is -1.59. The number of hydrogen-bond acceptors (Lipinski definition) is 4. The smallest absolute Gasteiger partial charge is 0.271 e. The highest BCUT2D eigenvalue weighted by Crippen LogP contribution is 2.34. The third kappa shape index (κ3) is 2.80. The lowest BCUT2D eigenvalue weighted by Gasteiger charge is -2.17. The van der Waals surface area contributed by atoms with E-state index >= 15 is 0 Å². The fourth-order valence-corrected chi connectivity index (χ4v) is 2.15. The van der Waals surface area contributed by atoms with Gasteiger partial charge in [-0.3, -0.25) is 10.2 Å². The van der Waals surface area contributed by atoms with Crippen LogP contribution in [0.15, 0.2) is 18.2 Å². The predicted molar refractivity (Wildman–Crippen MR) is 67.2 cm³/mol. The van der Waals surface area contributed by atoms with E-state index in [9.17, 15) is 4.79 Å². The van der Waals surface area contributed by atoms with Crippen LogP contribution in [0.5, 0.6) is 5.75 Å². The molecule has 2 rings (SSSR count). The Morgan fingerprint density at radius 1 is 1.61 bits per heavy atom. The molecule has 0 aromatic heterocycles. The van der Waals surface area contributed by atoms with Gasteiger partial charge in [-0.2, -0.15) is 0 Å². The molecule has 1 fully saturated rings.